The van der Waals surface area contributed by atoms with Gasteiger partial charge < -0.3 is 60.2 Å². The number of fused-ring (bicyclic) bond motifs is 1. The van der Waals surface area contributed by atoms with Gasteiger partial charge in [0.15, 0.2) is 5.75 Å². The number of aliphatic hydroxyl groups is 4. The average Bonchev–Trinajstić information content (AvgIpc) is 3.80. The second-order valence-electron chi connectivity index (χ2n) is 18.5. The van der Waals surface area contributed by atoms with E-state index in [4.69, 9.17) is 29.8 Å². The molecule has 3 fully saturated rings. The van der Waals surface area contributed by atoms with Gasteiger partial charge in [-0.25, -0.2) is 9.50 Å². The minimum absolute atomic E-state index is 0. The van der Waals surface area contributed by atoms with Gasteiger partial charge in [-0.2, -0.15) is 0 Å². The van der Waals surface area contributed by atoms with Gasteiger partial charge in [0.05, 0.1) is 87.1 Å². The van der Waals surface area contributed by atoms with Crippen LogP contribution in [-0.4, -0.2) is 168 Å². The van der Waals surface area contributed by atoms with Gasteiger partial charge in [0.1, 0.15) is 17.2 Å². The van der Waals surface area contributed by atoms with E-state index in [9.17, 15) is 30.5 Å². The van der Waals surface area contributed by atoms with Crippen LogP contribution in [0.15, 0.2) is 97.2 Å². The van der Waals surface area contributed by atoms with Crippen LogP contribution in [0.5, 0.6) is 23.0 Å². The summed E-state index contributed by atoms with van der Waals surface area (Å²) in [5.74, 6) is 2.98. The summed E-state index contributed by atoms with van der Waals surface area (Å²) < 4.78 is 23.3. The minimum atomic E-state index is -0.498. The van der Waals surface area contributed by atoms with E-state index in [1.807, 2.05) is 91.4 Å². The fourth-order valence-electron chi connectivity index (χ4n) is 9.90. The molecule has 2 aromatic heterocycles. The lowest BCUT2D eigenvalue weighted by atomic mass is 9.87. The zero-order valence-corrected chi connectivity index (χ0v) is 41.9. The number of benzene rings is 4. The number of piperidine rings is 3. The van der Waals surface area contributed by atoms with Crippen LogP contribution >= 0.6 is 0 Å². The lowest BCUT2D eigenvalue weighted by Gasteiger charge is -2.36. The summed E-state index contributed by atoms with van der Waals surface area (Å²) >= 11 is 0. The van der Waals surface area contributed by atoms with E-state index < -0.39 is 17.1 Å². The number of methoxy groups -OCH3 is 4. The number of ether oxygens (including phenoxy) is 4. The Hall–Kier alpha value is -6.58. The SMILES string of the molecule is COc1cc([C@H]2CCN(C)C[C@@H]2O)ccc1N.COc1cc([C@H]2CCN(C)C[C@@H]2O)ccc1[N+](=O)[O-].COc1cc([C@H]2CCN(CCO)C[C@@H]2O)ccc1Nc1ncc2ccc(-c3ccccc3OC)n2n1.[HH]. The van der Waals surface area contributed by atoms with Gasteiger partial charge in [-0.1, -0.05) is 30.3 Å². The van der Waals surface area contributed by atoms with Gasteiger partial charge >= 0.3 is 5.69 Å². The Morgan fingerprint density at radius 3 is 1.85 bits per heavy atom. The molecule has 0 saturated carbocycles. The van der Waals surface area contributed by atoms with Gasteiger partial charge in [0.25, 0.3) is 0 Å². The molecule has 0 aliphatic carbocycles. The largest absolute Gasteiger partial charge is 0.496 e. The number of nitro groups is 1. The van der Waals surface area contributed by atoms with Crippen molar-refractivity contribution in [2.75, 3.05) is 106 Å². The smallest absolute Gasteiger partial charge is 0.310 e. The molecule has 3 saturated heterocycles. The molecule has 388 valence electrons. The first kappa shape index (κ1) is 53.2. The summed E-state index contributed by atoms with van der Waals surface area (Å²) in [5, 5.41) is 59.0. The van der Waals surface area contributed by atoms with E-state index >= 15 is 0 Å². The highest BCUT2D eigenvalue weighted by Crippen LogP contribution is 2.38. The number of hydrogen-bond acceptors (Lipinski definition) is 17. The molecule has 5 heterocycles. The summed E-state index contributed by atoms with van der Waals surface area (Å²) in [7, 11) is 10.3. The molecular formula is C53H71N9O10. The molecule has 0 amide bonds. The number of rotatable bonds is 13. The van der Waals surface area contributed by atoms with Gasteiger partial charge in [0.2, 0.25) is 5.95 Å². The molecule has 19 nitrogen and oxygen atoms in total. The second-order valence-corrected chi connectivity index (χ2v) is 18.5. The predicted octanol–water partition coefficient (Wildman–Crippen LogP) is 5.99. The molecule has 6 atom stereocenters. The molecule has 3 aliphatic rings. The molecule has 4 aromatic carbocycles. The number of nitro benzene ring substituents is 1. The van der Waals surface area contributed by atoms with Crippen LogP contribution in [0, 0.1) is 10.1 Å². The average molecular weight is 994 g/mol. The van der Waals surface area contributed by atoms with Crippen molar-refractivity contribution in [3.63, 3.8) is 0 Å². The summed E-state index contributed by atoms with van der Waals surface area (Å²) in [6.45, 7) is 5.32. The molecule has 72 heavy (non-hydrogen) atoms. The Morgan fingerprint density at radius 2 is 1.26 bits per heavy atom. The number of para-hydroxylation sites is 1. The Morgan fingerprint density at radius 1 is 0.708 bits per heavy atom. The van der Waals surface area contributed by atoms with Crippen molar-refractivity contribution in [2.45, 2.75) is 55.3 Å². The summed E-state index contributed by atoms with van der Waals surface area (Å²) in [5.41, 5.74) is 12.8. The van der Waals surface area contributed by atoms with E-state index in [2.05, 4.69) is 25.0 Å². The van der Waals surface area contributed by atoms with Crippen LogP contribution in [0.25, 0.3) is 16.8 Å². The van der Waals surface area contributed by atoms with E-state index in [1.54, 1.807) is 39.7 Å². The van der Waals surface area contributed by atoms with Crippen LogP contribution in [0.3, 0.4) is 0 Å². The number of nitrogen functional groups attached to an aromatic ring is 1. The maximum absolute atomic E-state index is 10.8. The topological polar surface area (TPSA) is 239 Å². The van der Waals surface area contributed by atoms with Crippen molar-refractivity contribution in [1.29, 1.82) is 0 Å². The first-order valence-electron chi connectivity index (χ1n) is 24.2. The zero-order valence-electron chi connectivity index (χ0n) is 41.9. The molecule has 7 N–H and O–H groups in total. The number of aliphatic hydroxyl groups excluding tert-OH is 4. The monoisotopic (exact) mass is 994 g/mol. The quantitative estimate of drug-likeness (QED) is 0.0443. The number of nitrogens with one attached hydrogen (secondary N) is 1. The molecule has 3 aliphatic heterocycles. The van der Waals surface area contributed by atoms with Gasteiger partial charge in [0, 0.05) is 57.0 Å². The van der Waals surface area contributed by atoms with Crippen molar-refractivity contribution in [1.82, 2.24) is 29.3 Å². The molecule has 19 heteroatoms. The van der Waals surface area contributed by atoms with Crippen LogP contribution in [-0.2, 0) is 0 Å². The van der Waals surface area contributed by atoms with Crippen LogP contribution in [0.2, 0.25) is 0 Å². The molecule has 0 bridgehead atoms. The van der Waals surface area contributed by atoms with E-state index in [0.29, 0.717) is 42.8 Å². The first-order chi connectivity index (χ1) is 34.7. The Balaban J connectivity index is 0.000000198. The lowest BCUT2D eigenvalue weighted by Crippen LogP contribution is -2.43. The highest BCUT2D eigenvalue weighted by Gasteiger charge is 2.31. The van der Waals surface area contributed by atoms with Crippen molar-refractivity contribution in [2.24, 2.45) is 0 Å². The molecule has 0 spiro atoms. The van der Waals surface area contributed by atoms with Crippen molar-refractivity contribution in [3.05, 3.63) is 124 Å². The molecule has 9 rings (SSSR count). The van der Waals surface area contributed by atoms with Gasteiger partial charge in [-0.05, 0) is 124 Å². The minimum Gasteiger partial charge on any atom is -0.496 e. The van der Waals surface area contributed by atoms with Crippen LogP contribution < -0.4 is 30.0 Å². The third-order valence-corrected chi connectivity index (χ3v) is 13.8. The maximum atomic E-state index is 10.8. The highest BCUT2D eigenvalue weighted by molar-refractivity contribution is 5.72. The Bertz CT molecular complexity index is 2750. The summed E-state index contributed by atoms with van der Waals surface area (Å²) in [6.07, 6.45) is 3.11. The first-order valence-corrected chi connectivity index (χ1v) is 24.2. The molecular weight excluding hydrogens is 923 g/mol. The standard InChI is InChI=1S/C27H31N5O4.C13H18N2O4.C13H20N2O2.H2/c1-35-25-6-4-3-5-21(25)23-10-8-19-16-28-27(30-32(19)23)29-22-9-7-18(15-26(22)36-2)20-11-12-31(13-14-33)17-24(20)34;1-14-6-5-10(12(16)8-14)9-3-4-11(15(17)18)13(7-9)19-2;1-15-6-5-10(12(16)8-15)9-3-4-11(14)13(7-9)17-2;/h3-10,15-16,20,24,33-34H,11-14,17H2,1-2H3,(H,29,30);3-4,7,10,12,16H,5-6,8H2,1-2H3;3-4,7,10,12,16H,5-6,8,14H2,1-2H3;1H/t20-,24+;2*10-,12+;/m111./s1. The summed E-state index contributed by atoms with van der Waals surface area (Å²) in [6, 6.07) is 28.3. The maximum Gasteiger partial charge on any atom is 0.310 e. The van der Waals surface area contributed by atoms with Crippen LogP contribution in [0.4, 0.5) is 23.0 Å². The third-order valence-electron chi connectivity index (χ3n) is 13.8. The number of β-amino-alcohol motifs (C(OH)–C–C–N with tert-alkyl or cyclic N) is 4. The lowest BCUT2D eigenvalue weighted by molar-refractivity contribution is -0.385. The van der Waals surface area contributed by atoms with E-state index in [-0.39, 0.29) is 43.3 Å². The number of aromatic nitrogens is 3. The van der Waals surface area contributed by atoms with Crippen molar-refractivity contribution >= 4 is 28.5 Å². The third kappa shape index (κ3) is 12.7. The van der Waals surface area contributed by atoms with Gasteiger partial charge in [-0.15, -0.1) is 5.10 Å². The molecule has 6 aromatic rings. The number of anilines is 3. The Kier molecular flexibility index (Phi) is 18.3. The number of hydrogen-bond donors (Lipinski definition) is 6. The predicted molar refractivity (Wildman–Crippen MR) is 279 cm³/mol. The zero-order chi connectivity index (χ0) is 51.5. The normalized spacial score (nSPS) is 21.6. The highest BCUT2D eigenvalue weighted by atomic mass is 16.6. The van der Waals surface area contributed by atoms with Gasteiger partial charge in [-0.3, -0.25) is 15.0 Å². The van der Waals surface area contributed by atoms with Crippen molar-refractivity contribution in [3.8, 4) is 34.3 Å². The van der Waals surface area contributed by atoms with E-state index in [0.717, 1.165) is 90.3 Å². The molecule has 0 unspecified atom stereocenters. The fourth-order valence-corrected chi connectivity index (χ4v) is 9.90. The van der Waals surface area contributed by atoms with Crippen molar-refractivity contribution < 1.29 is 45.7 Å². The Labute approximate surface area is 422 Å². The van der Waals surface area contributed by atoms with Crippen LogP contribution in [0.1, 0.15) is 55.1 Å². The number of nitrogens with two attached hydrogens (primary N) is 1. The number of likely N-dealkylation sites (N-methyl/N-ethyl adjacent to an activating group) is 2. The number of likely N-dealkylation sites (tertiary alicyclic amines) is 3. The van der Waals surface area contributed by atoms with E-state index in [1.165, 1.54) is 13.2 Å². The molecule has 0 radical (unpaired) electrons. The second kappa shape index (κ2) is 24.7. The summed E-state index contributed by atoms with van der Waals surface area (Å²) in [4.78, 5) is 21.2. The number of nitrogens with zero attached hydrogens (tertiary/aromatic N) is 7. The fraction of sp³-hybridized carbons (Fsp3) is 0.434.